The standard InChI is InChI=1S/C50H35N2/c1-2-4-7-16-35(17-8-5-3-1)37-19-15-20-40(32-37)52-47-28-26-39(34-46(47)49-41-21-10-9-18-36(41)25-29-48(49)52)38-24-27-44-45(33-38)42-22-11-12-23-43(42)50(44)51-30-13-6-14-31-51/h1-34,50H/q+1. The van der Waals surface area contributed by atoms with Crippen molar-refractivity contribution >= 4 is 32.6 Å². The molecule has 1 unspecified atom stereocenters. The predicted molar refractivity (Wildman–Crippen MR) is 216 cm³/mol. The molecule has 52 heavy (non-hydrogen) atoms. The van der Waals surface area contributed by atoms with E-state index in [1.54, 1.807) is 0 Å². The second-order valence-corrected chi connectivity index (χ2v) is 13.5. The molecule has 0 aliphatic heterocycles. The Hall–Kier alpha value is -6.77. The maximum Gasteiger partial charge on any atom is 0.210 e. The van der Waals surface area contributed by atoms with E-state index in [1.807, 2.05) is 6.07 Å². The van der Waals surface area contributed by atoms with Crippen molar-refractivity contribution in [3.63, 3.8) is 0 Å². The zero-order valence-corrected chi connectivity index (χ0v) is 28.6. The van der Waals surface area contributed by atoms with Gasteiger partial charge in [-0.15, -0.1) is 0 Å². The Bertz CT molecular complexity index is 2840. The molecule has 9 aromatic rings. The van der Waals surface area contributed by atoms with Crippen LogP contribution in [0.4, 0.5) is 0 Å². The second kappa shape index (κ2) is 12.5. The maximum absolute atomic E-state index is 2.44. The molecule has 0 bridgehead atoms. The topological polar surface area (TPSA) is 8.81 Å². The van der Waals surface area contributed by atoms with Crippen LogP contribution in [0.3, 0.4) is 0 Å². The number of aromatic nitrogens is 2. The number of pyridine rings is 1. The van der Waals surface area contributed by atoms with Crippen LogP contribution >= 0.6 is 0 Å². The number of hydrogen-bond donors (Lipinski definition) is 0. The number of nitrogens with zero attached hydrogens (tertiary/aromatic N) is 2. The van der Waals surface area contributed by atoms with Crippen LogP contribution in [-0.4, -0.2) is 4.57 Å². The van der Waals surface area contributed by atoms with Gasteiger partial charge in [0.2, 0.25) is 6.04 Å². The van der Waals surface area contributed by atoms with Crippen LogP contribution in [-0.2, 0) is 0 Å². The van der Waals surface area contributed by atoms with E-state index in [9.17, 15) is 0 Å². The minimum Gasteiger partial charge on any atom is -0.309 e. The molecule has 244 valence electrons. The number of benzene rings is 6. The van der Waals surface area contributed by atoms with Gasteiger partial charge in [-0.3, -0.25) is 0 Å². The fourth-order valence-corrected chi connectivity index (χ4v) is 8.22. The van der Waals surface area contributed by atoms with Gasteiger partial charge in [-0.2, -0.15) is 4.57 Å². The molecule has 1 aliphatic rings. The Kier molecular flexibility index (Phi) is 7.25. The molecule has 2 heteroatoms. The minimum atomic E-state index is 0.163. The SMILES string of the molecule is c1ccccc(-c2cccc(-n3c4ccc(-c5ccc6c(c5)-c5ccccc5C6[n+]5ccccc5)cc4c4c5ccccc5ccc43)c2)cccc1. The molecule has 7 aromatic carbocycles. The summed E-state index contributed by atoms with van der Waals surface area (Å²) in [4.78, 5) is 0. The van der Waals surface area contributed by atoms with Crippen molar-refractivity contribution in [1.29, 1.82) is 0 Å². The summed E-state index contributed by atoms with van der Waals surface area (Å²) in [5.41, 5.74) is 13.6. The summed E-state index contributed by atoms with van der Waals surface area (Å²) >= 11 is 0. The summed E-state index contributed by atoms with van der Waals surface area (Å²) in [7, 11) is 0. The lowest BCUT2D eigenvalue weighted by atomic mass is 9.96. The molecular formula is C50H35N2+. The molecular weight excluding hydrogens is 629 g/mol. The fraction of sp³-hybridized carbons (Fsp3) is 0.0200. The maximum atomic E-state index is 2.44. The summed E-state index contributed by atoms with van der Waals surface area (Å²) in [5, 5.41) is 5.05. The van der Waals surface area contributed by atoms with E-state index in [0.717, 1.165) is 11.3 Å². The lowest BCUT2D eigenvalue weighted by molar-refractivity contribution is -0.704. The fourth-order valence-electron chi connectivity index (χ4n) is 8.22. The highest BCUT2D eigenvalue weighted by molar-refractivity contribution is 6.22. The Morgan fingerprint density at radius 1 is 0.385 bits per heavy atom. The van der Waals surface area contributed by atoms with E-state index in [1.165, 1.54) is 71.5 Å². The average Bonchev–Trinajstić information content (AvgIpc) is 3.72. The van der Waals surface area contributed by atoms with Gasteiger partial charge in [0.05, 0.1) is 11.0 Å². The van der Waals surface area contributed by atoms with Crippen molar-refractivity contribution in [3.05, 3.63) is 218 Å². The van der Waals surface area contributed by atoms with E-state index >= 15 is 0 Å². The van der Waals surface area contributed by atoms with Gasteiger partial charge < -0.3 is 4.57 Å². The largest absolute Gasteiger partial charge is 0.309 e. The van der Waals surface area contributed by atoms with Crippen molar-refractivity contribution in [2.24, 2.45) is 0 Å². The first-order valence-corrected chi connectivity index (χ1v) is 18.0. The number of fused-ring (bicyclic) bond motifs is 8. The van der Waals surface area contributed by atoms with Crippen LogP contribution in [0.5, 0.6) is 0 Å². The summed E-state index contributed by atoms with van der Waals surface area (Å²) in [6.45, 7) is 0. The van der Waals surface area contributed by atoms with Crippen molar-refractivity contribution in [3.8, 4) is 39.1 Å². The molecule has 10 rings (SSSR count). The molecule has 0 saturated carbocycles. The van der Waals surface area contributed by atoms with Gasteiger partial charge in [-0.05, 0) is 80.6 Å². The normalized spacial score (nSPS) is 13.2. The molecule has 0 fully saturated rings. The van der Waals surface area contributed by atoms with Gasteiger partial charge in [0, 0.05) is 39.7 Å². The highest BCUT2D eigenvalue weighted by Crippen LogP contribution is 2.45. The Labute approximate surface area is 303 Å². The first-order chi connectivity index (χ1) is 25.8. The molecule has 0 amide bonds. The quantitative estimate of drug-likeness (QED) is 0.166. The Morgan fingerprint density at radius 3 is 1.88 bits per heavy atom. The van der Waals surface area contributed by atoms with E-state index in [2.05, 4.69) is 210 Å². The third-order valence-electron chi connectivity index (χ3n) is 10.6. The number of hydrogen-bond acceptors (Lipinski definition) is 0. The third kappa shape index (κ3) is 5.00. The highest BCUT2D eigenvalue weighted by atomic mass is 15.0. The second-order valence-electron chi connectivity index (χ2n) is 13.5. The van der Waals surface area contributed by atoms with E-state index < -0.39 is 0 Å². The van der Waals surface area contributed by atoms with Crippen LogP contribution in [0.2, 0.25) is 0 Å². The zero-order valence-electron chi connectivity index (χ0n) is 28.6. The van der Waals surface area contributed by atoms with Crippen LogP contribution in [0.25, 0.3) is 71.6 Å². The highest BCUT2D eigenvalue weighted by Gasteiger charge is 2.35. The summed E-state index contributed by atoms with van der Waals surface area (Å²) in [5.74, 6) is 0. The van der Waals surface area contributed by atoms with Crippen LogP contribution < -0.4 is 4.57 Å². The Balaban J connectivity index is 1.16. The molecule has 1 aliphatic carbocycles. The van der Waals surface area contributed by atoms with Crippen LogP contribution in [0.1, 0.15) is 17.2 Å². The zero-order chi connectivity index (χ0) is 34.4. The minimum absolute atomic E-state index is 0.163. The van der Waals surface area contributed by atoms with Crippen molar-refractivity contribution < 1.29 is 4.57 Å². The molecule has 0 saturated heterocycles. The van der Waals surface area contributed by atoms with Gasteiger partial charge in [-0.25, -0.2) is 0 Å². The van der Waals surface area contributed by atoms with Gasteiger partial charge >= 0.3 is 0 Å². The predicted octanol–water partition coefficient (Wildman–Crippen LogP) is 12.3. The van der Waals surface area contributed by atoms with Crippen molar-refractivity contribution in [2.45, 2.75) is 6.04 Å². The first-order valence-electron chi connectivity index (χ1n) is 18.0. The van der Waals surface area contributed by atoms with Gasteiger partial charge in [0.25, 0.3) is 0 Å². The summed E-state index contributed by atoms with van der Waals surface area (Å²) in [6.07, 6.45) is 4.35. The summed E-state index contributed by atoms with van der Waals surface area (Å²) in [6, 6.07) is 70.5. The molecule has 0 spiro atoms. The van der Waals surface area contributed by atoms with Gasteiger partial charge in [0.15, 0.2) is 12.4 Å². The monoisotopic (exact) mass is 663 g/mol. The lowest BCUT2D eigenvalue weighted by Gasteiger charge is -2.11. The van der Waals surface area contributed by atoms with E-state index in [0.29, 0.717) is 0 Å². The first kappa shape index (κ1) is 30.1. The van der Waals surface area contributed by atoms with Gasteiger partial charge in [-0.1, -0.05) is 146 Å². The smallest absolute Gasteiger partial charge is 0.210 e. The van der Waals surface area contributed by atoms with E-state index in [4.69, 9.17) is 0 Å². The lowest BCUT2D eigenvalue weighted by Crippen LogP contribution is -2.38. The molecule has 0 radical (unpaired) electrons. The van der Waals surface area contributed by atoms with E-state index in [-0.39, 0.29) is 6.04 Å². The molecule has 2 nitrogen and oxygen atoms in total. The molecule has 1 atom stereocenters. The third-order valence-corrected chi connectivity index (χ3v) is 10.6. The Morgan fingerprint density at radius 2 is 1.02 bits per heavy atom. The molecule has 0 N–H and O–H groups in total. The molecule has 2 aromatic heterocycles. The van der Waals surface area contributed by atoms with Gasteiger partial charge in [0.1, 0.15) is 0 Å². The number of rotatable bonds is 4. The van der Waals surface area contributed by atoms with Crippen LogP contribution in [0.15, 0.2) is 207 Å². The molecule has 2 heterocycles. The summed E-state index contributed by atoms with van der Waals surface area (Å²) < 4.78 is 4.76. The van der Waals surface area contributed by atoms with Crippen LogP contribution in [0, 0.1) is 0 Å². The van der Waals surface area contributed by atoms with Crippen molar-refractivity contribution in [1.82, 2.24) is 4.57 Å². The average molecular weight is 664 g/mol. The van der Waals surface area contributed by atoms with Crippen molar-refractivity contribution in [2.75, 3.05) is 0 Å².